The van der Waals surface area contributed by atoms with Crippen LogP contribution < -0.4 is 0 Å². The fraction of sp³-hybridized carbons (Fsp3) is 0.818. The number of aliphatic hydroxyl groups is 2. The molecule has 0 radical (unpaired) electrons. The van der Waals surface area contributed by atoms with Gasteiger partial charge in [-0.15, -0.1) is 4.99 Å². The van der Waals surface area contributed by atoms with E-state index in [-0.39, 0.29) is 0 Å². The molecule has 112 valence electrons. The summed E-state index contributed by atoms with van der Waals surface area (Å²) in [6.45, 7) is 2.13. The van der Waals surface area contributed by atoms with Crippen LogP contribution in [0, 0.1) is 0 Å². The number of hydrogen-bond donors (Lipinski definition) is 2. The molecule has 0 aliphatic carbocycles. The van der Waals surface area contributed by atoms with Crippen molar-refractivity contribution in [3.8, 4) is 0 Å². The van der Waals surface area contributed by atoms with Crippen molar-refractivity contribution < 1.29 is 34.0 Å². The summed E-state index contributed by atoms with van der Waals surface area (Å²) in [7, 11) is 2.34. The maximum atomic E-state index is 10.7. The molecule has 20 heavy (non-hydrogen) atoms. The Kier molecular flexibility index (Phi) is 4.28. The van der Waals surface area contributed by atoms with E-state index in [2.05, 4.69) is 9.98 Å². The standard InChI is InChI=1S/C11H16N2O7/c1-8(5-14)9(2,18-3)10(19-4,12-6-15)11(17,20-8)13-7-16/h14,17H,5H2,1-4H3/t8-,9+,10?,11?/m1/s1. The van der Waals surface area contributed by atoms with Crippen LogP contribution in [0.3, 0.4) is 0 Å². The molecule has 9 heteroatoms. The summed E-state index contributed by atoms with van der Waals surface area (Å²) in [5.74, 6) is -2.71. The number of methoxy groups -OCH3 is 2. The third-order valence-electron chi connectivity index (χ3n) is 3.87. The Balaban J connectivity index is 3.75. The van der Waals surface area contributed by atoms with Gasteiger partial charge in [0, 0.05) is 14.2 Å². The van der Waals surface area contributed by atoms with Crippen LogP contribution in [-0.4, -0.2) is 66.0 Å². The molecule has 0 saturated carbocycles. The Bertz CT molecular complexity index is 487. The van der Waals surface area contributed by atoms with E-state index in [9.17, 15) is 19.8 Å². The minimum absolute atomic E-state index is 0.631. The molecule has 0 aromatic rings. The molecule has 4 atom stereocenters. The highest BCUT2D eigenvalue weighted by Gasteiger charge is 2.80. The molecule has 1 heterocycles. The summed E-state index contributed by atoms with van der Waals surface area (Å²) in [6.07, 6.45) is 2.34. The van der Waals surface area contributed by atoms with Gasteiger partial charge in [-0.3, -0.25) is 0 Å². The second-order valence-corrected chi connectivity index (χ2v) is 4.59. The van der Waals surface area contributed by atoms with E-state index in [0.717, 1.165) is 13.2 Å². The molecular weight excluding hydrogens is 272 g/mol. The van der Waals surface area contributed by atoms with Crippen molar-refractivity contribution in [1.82, 2.24) is 0 Å². The number of rotatable bonds is 5. The molecule has 0 amide bonds. The van der Waals surface area contributed by atoms with Crippen LogP contribution in [0.2, 0.25) is 0 Å². The summed E-state index contributed by atoms with van der Waals surface area (Å²) in [6, 6.07) is 0. The van der Waals surface area contributed by atoms with Gasteiger partial charge in [-0.2, -0.15) is 4.99 Å². The lowest BCUT2D eigenvalue weighted by atomic mass is 9.79. The van der Waals surface area contributed by atoms with Crippen LogP contribution in [0.5, 0.6) is 0 Å². The first-order valence-electron chi connectivity index (χ1n) is 5.58. The molecule has 0 aromatic heterocycles. The average Bonchev–Trinajstić information content (AvgIpc) is 2.56. The highest BCUT2D eigenvalue weighted by atomic mass is 16.7. The Morgan fingerprint density at radius 1 is 1.15 bits per heavy atom. The molecule has 0 spiro atoms. The number of isocyanates is 2. The number of carbonyl (C=O) groups excluding carboxylic acids is 2. The van der Waals surface area contributed by atoms with Gasteiger partial charge in [-0.05, 0) is 13.8 Å². The zero-order valence-electron chi connectivity index (χ0n) is 11.5. The van der Waals surface area contributed by atoms with Crippen molar-refractivity contribution in [3.63, 3.8) is 0 Å². The second-order valence-electron chi connectivity index (χ2n) is 4.59. The van der Waals surface area contributed by atoms with Crippen LogP contribution in [0.1, 0.15) is 13.8 Å². The highest BCUT2D eigenvalue weighted by molar-refractivity contribution is 5.40. The first-order chi connectivity index (χ1) is 9.26. The molecule has 2 unspecified atom stereocenters. The predicted molar refractivity (Wildman–Crippen MR) is 62.9 cm³/mol. The van der Waals surface area contributed by atoms with E-state index in [0.29, 0.717) is 0 Å². The van der Waals surface area contributed by atoms with Crippen LogP contribution >= 0.6 is 0 Å². The van der Waals surface area contributed by atoms with Gasteiger partial charge in [0.1, 0.15) is 5.60 Å². The zero-order valence-corrected chi connectivity index (χ0v) is 11.5. The molecule has 1 aliphatic heterocycles. The maximum Gasteiger partial charge on any atom is 0.334 e. The average molecular weight is 288 g/mol. The minimum Gasteiger partial charge on any atom is -0.393 e. The molecule has 0 aromatic carbocycles. The van der Waals surface area contributed by atoms with Crippen molar-refractivity contribution in [2.75, 3.05) is 20.8 Å². The van der Waals surface area contributed by atoms with E-state index in [4.69, 9.17) is 14.2 Å². The second kappa shape index (κ2) is 5.16. The van der Waals surface area contributed by atoms with E-state index < -0.39 is 29.4 Å². The fourth-order valence-corrected chi connectivity index (χ4v) is 2.46. The monoisotopic (exact) mass is 288 g/mol. The van der Waals surface area contributed by atoms with Crippen LogP contribution in [0.15, 0.2) is 9.98 Å². The third-order valence-corrected chi connectivity index (χ3v) is 3.87. The lowest BCUT2D eigenvalue weighted by Gasteiger charge is -2.43. The summed E-state index contributed by atoms with van der Waals surface area (Å²) in [4.78, 5) is 27.8. The Labute approximate surface area is 114 Å². The van der Waals surface area contributed by atoms with Crippen molar-refractivity contribution in [2.45, 2.75) is 36.7 Å². The Morgan fingerprint density at radius 2 is 1.70 bits per heavy atom. The van der Waals surface area contributed by atoms with Gasteiger partial charge in [0.15, 0.2) is 5.60 Å². The topological polar surface area (TPSA) is 127 Å². The maximum absolute atomic E-state index is 10.7. The van der Waals surface area contributed by atoms with E-state index in [1.54, 1.807) is 0 Å². The van der Waals surface area contributed by atoms with Gasteiger partial charge in [-0.1, -0.05) is 0 Å². The largest absolute Gasteiger partial charge is 0.393 e. The normalized spacial score (nSPS) is 43.7. The number of hydrogen-bond acceptors (Lipinski definition) is 9. The molecule has 1 saturated heterocycles. The summed E-state index contributed by atoms with van der Waals surface area (Å²) in [5, 5.41) is 20.0. The van der Waals surface area contributed by atoms with Gasteiger partial charge in [0.25, 0.3) is 5.72 Å². The third kappa shape index (κ3) is 1.70. The van der Waals surface area contributed by atoms with Crippen molar-refractivity contribution in [1.29, 1.82) is 0 Å². The van der Waals surface area contributed by atoms with Crippen molar-refractivity contribution >= 4 is 12.2 Å². The highest BCUT2D eigenvalue weighted by Crippen LogP contribution is 2.55. The molecule has 1 aliphatic rings. The molecule has 1 rings (SSSR count). The zero-order chi connectivity index (χ0) is 15.7. The Hall–Kier alpha value is -1.44. The van der Waals surface area contributed by atoms with Crippen molar-refractivity contribution in [2.24, 2.45) is 9.98 Å². The molecule has 1 fully saturated rings. The van der Waals surface area contributed by atoms with Gasteiger partial charge >= 0.3 is 5.91 Å². The lowest BCUT2D eigenvalue weighted by Crippen LogP contribution is -2.65. The Morgan fingerprint density at radius 3 is 2.05 bits per heavy atom. The molecule has 2 N–H and O–H groups in total. The number of aliphatic hydroxyl groups excluding tert-OH is 1. The fourth-order valence-electron chi connectivity index (χ4n) is 2.46. The summed E-state index contributed by atoms with van der Waals surface area (Å²) < 4.78 is 15.6. The van der Waals surface area contributed by atoms with Crippen LogP contribution in [0.4, 0.5) is 0 Å². The van der Waals surface area contributed by atoms with Crippen LogP contribution in [-0.2, 0) is 23.8 Å². The summed E-state index contributed by atoms with van der Waals surface area (Å²) in [5.41, 5.74) is -5.48. The minimum atomic E-state index is -2.71. The van der Waals surface area contributed by atoms with Gasteiger partial charge in [0.2, 0.25) is 12.2 Å². The van der Waals surface area contributed by atoms with E-state index in [1.807, 2.05) is 0 Å². The van der Waals surface area contributed by atoms with E-state index in [1.165, 1.54) is 27.0 Å². The smallest absolute Gasteiger partial charge is 0.334 e. The van der Waals surface area contributed by atoms with Gasteiger partial charge in [-0.25, -0.2) is 9.59 Å². The van der Waals surface area contributed by atoms with Crippen molar-refractivity contribution in [3.05, 3.63) is 0 Å². The first-order valence-corrected chi connectivity index (χ1v) is 5.58. The van der Waals surface area contributed by atoms with Gasteiger partial charge < -0.3 is 24.4 Å². The number of nitrogens with zero attached hydrogens (tertiary/aromatic N) is 2. The summed E-state index contributed by atoms with van der Waals surface area (Å²) >= 11 is 0. The predicted octanol–water partition coefficient (Wildman–Crippen LogP) is -1.17. The first kappa shape index (κ1) is 16.6. The van der Waals surface area contributed by atoms with Crippen LogP contribution in [0.25, 0.3) is 0 Å². The quantitative estimate of drug-likeness (QED) is 0.482. The molecule has 0 bridgehead atoms. The lowest BCUT2D eigenvalue weighted by molar-refractivity contribution is -0.280. The molecule has 9 nitrogen and oxygen atoms in total. The number of ether oxygens (including phenoxy) is 3. The molecular formula is C11H16N2O7. The SMILES string of the molecule is COC1(N=C=O)C(O)(N=C=O)O[C@](C)(CO)[C@]1(C)OC. The van der Waals surface area contributed by atoms with E-state index >= 15 is 0 Å². The van der Waals surface area contributed by atoms with Gasteiger partial charge in [0.05, 0.1) is 6.61 Å². The number of aliphatic imine (C=N–C) groups is 2.